The second kappa shape index (κ2) is 51.0. The van der Waals surface area contributed by atoms with Crippen molar-refractivity contribution < 1.29 is 102 Å². The average molecular weight is 2120 g/mol. The Hall–Kier alpha value is -11.3. The summed E-state index contributed by atoms with van der Waals surface area (Å²) in [5.74, 6) is -2.06. The van der Waals surface area contributed by atoms with E-state index in [1.165, 1.54) is 46.8 Å². The highest BCUT2D eigenvalue weighted by Gasteiger charge is 2.26. The maximum Gasteiger partial charge on any atom is 0.316 e. The molecule has 8 heterocycles. The van der Waals surface area contributed by atoms with Crippen LogP contribution in [0, 0.1) is 27.7 Å². The topological polar surface area (TPSA) is 513 Å². The van der Waals surface area contributed by atoms with Crippen LogP contribution in [0.2, 0.25) is 0 Å². The third-order valence-electron chi connectivity index (χ3n) is 14.8. The highest BCUT2D eigenvalue weighted by molar-refractivity contribution is 9.11. The number of rotatable bonds is 44. The van der Waals surface area contributed by atoms with Crippen LogP contribution in [0.1, 0.15) is 106 Å². The molecule has 8 N–H and O–H groups in total. The largest absolute Gasteiger partial charge is 0.473 e. The molecule has 0 aliphatic heterocycles. The Morgan fingerprint density at radius 1 is 0.297 bits per heavy atom. The monoisotopic (exact) mass is 2110 g/mol. The predicted octanol–water partition coefficient (Wildman–Crippen LogP) is 12.5. The Labute approximate surface area is 806 Å². The van der Waals surface area contributed by atoms with Crippen molar-refractivity contribution in [3.8, 4) is 92.1 Å². The van der Waals surface area contributed by atoms with Crippen LogP contribution in [0.25, 0.3) is 44.5 Å². The number of nitrogens with one attached hydrogen (secondary N) is 8. The summed E-state index contributed by atoms with van der Waals surface area (Å²) in [6.45, 7) is -6.04. The van der Waals surface area contributed by atoms with Crippen molar-refractivity contribution in [3.63, 3.8) is 0 Å². The highest BCUT2D eigenvalue weighted by atomic mass is 79.9. The number of ether oxygens (including phenoxy) is 8. The molecular formula is C80H92Br4N24O16S4. The lowest BCUT2D eigenvalue weighted by atomic mass is 10.1. The predicted molar refractivity (Wildman–Crippen MR) is 495 cm³/mol. The summed E-state index contributed by atoms with van der Waals surface area (Å²) in [6.07, 6.45) is 0.400. The van der Waals surface area contributed by atoms with Crippen LogP contribution in [0.5, 0.6) is 47.6 Å². The lowest BCUT2D eigenvalue weighted by molar-refractivity contribution is 0.202. The molecular weight excluding hydrogens is 2000 g/mol. The summed E-state index contributed by atoms with van der Waals surface area (Å²) in [6, 6.07) is 24.7. The Bertz CT molecular complexity index is 7180. The maximum atomic E-state index is 12.8. The second-order valence-corrected chi connectivity index (χ2v) is 34.0. The van der Waals surface area contributed by atoms with Gasteiger partial charge in [0.15, 0.2) is 23.3 Å². The first kappa shape index (κ1) is 72.6. The lowest BCUT2D eigenvalue weighted by Crippen LogP contribution is -2.31. The molecule has 0 aliphatic rings. The smallest absolute Gasteiger partial charge is 0.316 e. The fraction of sp³-hybridized carbons (Fsp3) is 0.300. The molecule has 0 fully saturated rings. The molecule has 4 aromatic carbocycles. The number of benzene rings is 4. The lowest BCUT2D eigenvalue weighted by Gasteiger charge is -2.15. The van der Waals surface area contributed by atoms with Gasteiger partial charge >= 0.3 is 24.0 Å². The Balaban J connectivity index is 0.000000222. The molecule has 0 saturated carbocycles. The molecule has 0 atom stereocenters. The Morgan fingerprint density at radius 2 is 0.531 bits per heavy atom. The van der Waals surface area contributed by atoms with Crippen molar-refractivity contribution in [2.75, 3.05) is 97.6 Å². The number of hydrogen-bond acceptors (Lipinski definition) is 32. The van der Waals surface area contributed by atoms with Crippen molar-refractivity contribution in [1.82, 2.24) is 98.6 Å². The highest BCUT2D eigenvalue weighted by Crippen LogP contribution is 2.39. The summed E-state index contributed by atoms with van der Waals surface area (Å²) in [5, 5.41) is 0. The molecule has 8 aromatic heterocycles. The van der Waals surface area contributed by atoms with E-state index in [2.05, 4.69) is 167 Å². The first-order valence-corrected chi connectivity index (χ1v) is 46.0. The van der Waals surface area contributed by atoms with Gasteiger partial charge < -0.3 is 37.9 Å². The van der Waals surface area contributed by atoms with E-state index >= 15 is 0 Å². The zero-order valence-electron chi connectivity index (χ0n) is 90.2. The van der Waals surface area contributed by atoms with Gasteiger partial charge in [-0.25, -0.2) is 79.7 Å². The average Bonchev–Trinajstić information content (AvgIpc) is 0.773. The van der Waals surface area contributed by atoms with E-state index in [1.54, 1.807) is 89.7 Å². The van der Waals surface area contributed by atoms with Gasteiger partial charge in [0.25, 0.3) is 40.8 Å². The number of nitrogens with zero attached hydrogens (tertiary/aromatic N) is 16. The Kier molecular flexibility index (Phi) is 28.9. The van der Waals surface area contributed by atoms with E-state index in [9.17, 15) is 33.7 Å². The van der Waals surface area contributed by atoms with Gasteiger partial charge in [-0.2, -0.15) is 52.6 Å². The van der Waals surface area contributed by atoms with Gasteiger partial charge in [0, 0.05) is 102 Å². The minimum Gasteiger partial charge on any atom is -0.473 e. The molecule has 12 rings (SSSR count). The zero-order valence-corrected chi connectivity index (χ0v) is 77.9. The molecule has 12 aromatic rings. The standard InChI is InChI=1S/4C20H23BrN6O4S/c4*1-3-8-26-32(28,29)27-18-17(15-4-6-16(21)7-5-15)19(25-13-24-18)30-9-10-31-20-22-11-14(2)12-23-20/h4*4-7,11-13,26H,3,8-10H2,1-2H3,(H,24,25,27)/i3D2,8D2,9D2,11D,12D;8D2,9D2,11D,12D;10D2,11D,12D;9D2,11D,12D. The SMILES string of the molecule is [2H]c1nc(OC([2H])([2H])COc2ncnc(NS(=O)(=O)NCCC)c2-c2ccc(Br)cc2)nc([2H])c1C.[2H]c1nc(OCC([2H])([2H])Oc2ncnc(NS(=O)(=O)NC([2H])([2H])C([2H])([2H])C)c2-c2ccc(Br)cc2)nc([2H])c1C.[2H]c1nc(OCC([2H])([2H])Oc2ncnc(NS(=O)(=O)NC([2H])([2H])CC)c2-c2ccc(Br)cc2)nc([2H])c1C.[2H]c1nc(OCC([2H])([2H])Oc2ncnc(NS(=O)(=O)NCCC)c2-c2ccc(Br)cc2)nc([2H])c1C. The van der Waals surface area contributed by atoms with E-state index in [4.69, 9.17) is 68.1 Å². The molecule has 0 bridgehead atoms. The van der Waals surface area contributed by atoms with E-state index in [0.29, 0.717) is 38.5 Å². The first-order valence-electron chi connectivity index (χ1n) is 47.9. The molecule has 680 valence electrons. The van der Waals surface area contributed by atoms with Crippen molar-refractivity contribution >= 4 is 128 Å². The van der Waals surface area contributed by atoms with Crippen molar-refractivity contribution in [2.45, 2.75) is 81.0 Å². The second-order valence-electron chi connectivity index (χ2n) is 24.5. The first-order chi connectivity index (χ1) is 69.7. The molecule has 0 radical (unpaired) electrons. The molecule has 48 heteroatoms. The van der Waals surface area contributed by atoms with Crippen LogP contribution < -0.4 is 75.7 Å². The molecule has 0 amide bonds. The van der Waals surface area contributed by atoms with Crippen molar-refractivity contribution in [1.29, 1.82) is 0 Å². The fourth-order valence-electron chi connectivity index (χ4n) is 9.29. The number of hydrogen-bond donors (Lipinski definition) is 8. The van der Waals surface area contributed by atoms with Crippen LogP contribution >= 0.6 is 63.7 Å². The summed E-state index contributed by atoms with van der Waals surface area (Å²) in [4.78, 5) is 61.9. The van der Waals surface area contributed by atoms with E-state index in [-0.39, 0.29) is 160 Å². The minimum absolute atomic E-state index is 0.0280. The molecule has 0 saturated heterocycles. The number of aromatic nitrogens is 16. The maximum absolute atomic E-state index is 12.8. The van der Waals surface area contributed by atoms with Gasteiger partial charge in [-0.05, 0) is 146 Å². The van der Waals surface area contributed by atoms with E-state index in [1.807, 2.05) is 23.3 Å². The van der Waals surface area contributed by atoms with Gasteiger partial charge in [-0.1, -0.05) is 140 Å². The van der Waals surface area contributed by atoms with Crippen molar-refractivity contribution in [2.24, 2.45) is 0 Å². The van der Waals surface area contributed by atoms with Gasteiger partial charge in [-0.3, -0.25) is 18.9 Å². The molecule has 0 aliphatic carbocycles. The van der Waals surface area contributed by atoms with Gasteiger partial charge in [-0.15, -0.1) is 0 Å². The third kappa shape index (κ3) is 34.0. The van der Waals surface area contributed by atoms with Crippen LogP contribution in [-0.2, 0) is 40.8 Å². The van der Waals surface area contributed by atoms with E-state index in [0.717, 1.165) is 41.2 Å². The normalized spacial score (nSPS) is 14.5. The quantitative estimate of drug-likeness (QED) is 0.0176. The van der Waals surface area contributed by atoms with Crippen LogP contribution in [-0.4, -0.2) is 192 Å². The summed E-state index contributed by atoms with van der Waals surface area (Å²) in [7, 11) is -17.2. The fourth-order valence-corrected chi connectivity index (χ4v) is 13.7. The number of anilines is 4. The third-order valence-corrected chi connectivity index (χ3v) is 20.7. The molecule has 128 heavy (non-hydrogen) atoms. The van der Waals surface area contributed by atoms with Crippen LogP contribution in [0.15, 0.2) is 190 Å². The summed E-state index contributed by atoms with van der Waals surface area (Å²) >= 11 is 13.3. The van der Waals surface area contributed by atoms with Crippen molar-refractivity contribution in [3.05, 3.63) is 212 Å². The zero-order chi connectivity index (χ0) is 111. The molecule has 0 unspecified atom stereocenters. The van der Waals surface area contributed by atoms with E-state index < -0.39 is 143 Å². The van der Waals surface area contributed by atoms with Crippen LogP contribution in [0.4, 0.5) is 23.3 Å². The number of halogens is 4. The summed E-state index contributed by atoms with van der Waals surface area (Å²) in [5.41, 5.74) is 2.64. The van der Waals surface area contributed by atoms with Gasteiger partial charge in [0.05, 0.1) is 44.2 Å². The molecule has 40 nitrogen and oxygen atoms in total. The van der Waals surface area contributed by atoms with Crippen LogP contribution in [0.3, 0.4) is 0 Å². The minimum atomic E-state index is -4.77. The molecule has 0 spiro atoms. The van der Waals surface area contributed by atoms with Gasteiger partial charge in [0.2, 0.25) is 23.5 Å². The Morgan fingerprint density at radius 3 is 0.789 bits per heavy atom. The van der Waals surface area contributed by atoms with Gasteiger partial charge in [0.1, 0.15) is 78.0 Å². The summed E-state index contributed by atoms with van der Waals surface area (Å²) < 4.78 is 337.